The van der Waals surface area contributed by atoms with Gasteiger partial charge >= 0.3 is 39.5 Å². The molecule has 0 aliphatic heterocycles. The Hall–Kier alpha value is -1.94. The van der Waals surface area contributed by atoms with E-state index in [9.17, 15) is 43.2 Å². The highest BCUT2D eigenvalue weighted by Gasteiger charge is 2.30. The molecule has 0 radical (unpaired) electrons. The van der Waals surface area contributed by atoms with Crippen LogP contribution < -0.4 is 0 Å². The van der Waals surface area contributed by atoms with E-state index in [0.29, 0.717) is 25.7 Å². The third kappa shape index (κ3) is 64.6. The number of hydrogen-bond acceptors (Lipinski definition) is 15. The van der Waals surface area contributed by atoms with E-state index in [1.165, 1.54) is 173 Å². The Balaban J connectivity index is 5.20. The van der Waals surface area contributed by atoms with Gasteiger partial charge in [0.2, 0.25) is 0 Å². The Kier molecular flexibility index (Phi) is 62.1. The highest BCUT2D eigenvalue weighted by Crippen LogP contribution is 2.45. The number of esters is 4. The molecule has 0 rings (SSSR count). The standard InChI is InChI=1S/C70H136O17P2/c1-6-9-12-15-18-20-22-24-25-26-27-29-31-35-40-45-50-55-69(74)87-66(60-81-68(73)54-49-44-39-34-30-28-23-21-19-16-13-10-7-2)62-85-89(78,79)83-58-64(71)57-82-88(76,77)84-61-65(59-80-67(72)53-48-43-37-17-14-11-8-3)86-70(75)56-51-46-41-36-32-33-38-42-47-52-63(4)5/h63-66,71H,6-62H2,1-5H3,(H,76,77)(H,78,79)/t64-,65+,66+/m0/s1. The lowest BCUT2D eigenvalue weighted by molar-refractivity contribution is -0.161. The average Bonchev–Trinajstić information content (AvgIpc) is 3.53. The normalized spacial score (nSPS) is 14.1. The first-order chi connectivity index (χ1) is 43.0. The predicted molar refractivity (Wildman–Crippen MR) is 358 cm³/mol. The Morgan fingerprint density at radius 1 is 0.303 bits per heavy atom. The molecule has 17 nitrogen and oxygen atoms in total. The maximum Gasteiger partial charge on any atom is 0.472 e. The van der Waals surface area contributed by atoms with Crippen LogP contribution in [-0.4, -0.2) is 96.7 Å². The van der Waals surface area contributed by atoms with Crippen LogP contribution in [0.5, 0.6) is 0 Å². The van der Waals surface area contributed by atoms with Crippen LogP contribution in [0, 0.1) is 5.92 Å². The number of aliphatic hydroxyl groups is 1. The number of ether oxygens (including phenoxy) is 4. The minimum Gasteiger partial charge on any atom is -0.462 e. The molecule has 0 spiro atoms. The van der Waals surface area contributed by atoms with Gasteiger partial charge in [-0.1, -0.05) is 311 Å². The Labute approximate surface area is 543 Å². The van der Waals surface area contributed by atoms with E-state index in [1.54, 1.807) is 0 Å². The first-order valence-electron chi connectivity index (χ1n) is 36.6. The fourth-order valence-corrected chi connectivity index (χ4v) is 12.2. The van der Waals surface area contributed by atoms with Crippen LogP contribution in [0.4, 0.5) is 0 Å². The largest absolute Gasteiger partial charge is 0.472 e. The second kappa shape index (κ2) is 63.5. The molecular weight excluding hydrogens is 1170 g/mol. The van der Waals surface area contributed by atoms with E-state index in [4.69, 9.17) is 37.0 Å². The lowest BCUT2D eigenvalue weighted by Crippen LogP contribution is -2.30. The van der Waals surface area contributed by atoms with Crippen molar-refractivity contribution in [2.75, 3.05) is 39.6 Å². The van der Waals surface area contributed by atoms with Gasteiger partial charge in [0.25, 0.3) is 0 Å². The molecule has 0 bridgehead atoms. The SMILES string of the molecule is CCCCCCCCCCCCCCCCCCCC(=O)O[C@H](COC(=O)CCCCCCCCCCCCCCC)COP(=O)(O)OC[C@@H](O)COP(=O)(O)OC[C@@H](COC(=O)CCCCCCCCC)OC(=O)CCCCCCCCCCCC(C)C. The lowest BCUT2D eigenvalue weighted by Gasteiger charge is -2.21. The van der Waals surface area contributed by atoms with Crippen molar-refractivity contribution in [3.05, 3.63) is 0 Å². The highest BCUT2D eigenvalue weighted by atomic mass is 31.2. The molecule has 0 aliphatic rings. The molecule has 0 saturated heterocycles. The molecule has 0 amide bonds. The number of rotatable bonds is 70. The van der Waals surface area contributed by atoms with E-state index in [-0.39, 0.29) is 25.7 Å². The summed E-state index contributed by atoms with van der Waals surface area (Å²) in [6, 6.07) is 0. The molecule has 3 N–H and O–H groups in total. The van der Waals surface area contributed by atoms with Gasteiger partial charge < -0.3 is 33.8 Å². The molecule has 19 heteroatoms. The summed E-state index contributed by atoms with van der Waals surface area (Å²) in [5, 5.41) is 10.6. The fraction of sp³-hybridized carbons (Fsp3) is 0.943. The van der Waals surface area contributed by atoms with Crippen LogP contribution in [0.3, 0.4) is 0 Å². The van der Waals surface area contributed by atoms with Crippen LogP contribution in [0.25, 0.3) is 0 Å². The first kappa shape index (κ1) is 87.1. The van der Waals surface area contributed by atoms with Gasteiger partial charge in [0.1, 0.15) is 19.3 Å². The molecule has 0 saturated carbocycles. The smallest absolute Gasteiger partial charge is 0.462 e. The molecule has 0 heterocycles. The number of carbonyl (C=O) groups is 4. The number of phosphoric ester groups is 2. The zero-order valence-corrected chi connectivity index (χ0v) is 59.4. The van der Waals surface area contributed by atoms with Crippen molar-refractivity contribution in [2.45, 2.75) is 380 Å². The van der Waals surface area contributed by atoms with E-state index in [1.807, 2.05) is 0 Å². The number of phosphoric acid groups is 2. The number of unbranched alkanes of at least 4 members (excludes halogenated alkanes) is 42. The average molecular weight is 1310 g/mol. The van der Waals surface area contributed by atoms with Crippen molar-refractivity contribution in [1.29, 1.82) is 0 Å². The lowest BCUT2D eigenvalue weighted by atomic mass is 10.0. The van der Waals surface area contributed by atoms with Crippen molar-refractivity contribution < 1.29 is 80.2 Å². The first-order valence-corrected chi connectivity index (χ1v) is 39.6. The van der Waals surface area contributed by atoms with Crippen molar-refractivity contribution >= 4 is 39.5 Å². The second-order valence-electron chi connectivity index (χ2n) is 25.7. The molecule has 2 unspecified atom stereocenters. The summed E-state index contributed by atoms with van der Waals surface area (Å²) in [6.45, 7) is 7.19. The van der Waals surface area contributed by atoms with Gasteiger partial charge in [0, 0.05) is 25.7 Å². The van der Waals surface area contributed by atoms with Crippen molar-refractivity contribution in [1.82, 2.24) is 0 Å². The van der Waals surface area contributed by atoms with Crippen LogP contribution in [0.2, 0.25) is 0 Å². The maximum absolute atomic E-state index is 13.0. The van der Waals surface area contributed by atoms with Gasteiger partial charge in [-0.3, -0.25) is 37.3 Å². The van der Waals surface area contributed by atoms with E-state index in [0.717, 1.165) is 109 Å². The summed E-state index contributed by atoms with van der Waals surface area (Å²) in [5.74, 6) is -1.39. The number of carbonyl (C=O) groups excluding carboxylic acids is 4. The summed E-state index contributed by atoms with van der Waals surface area (Å²) in [7, 11) is -9.89. The monoisotopic (exact) mass is 1310 g/mol. The summed E-state index contributed by atoms with van der Waals surface area (Å²) in [5.41, 5.74) is 0. The van der Waals surface area contributed by atoms with Gasteiger partial charge in [-0.05, 0) is 31.6 Å². The third-order valence-electron chi connectivity index (χ3n) is 16.3. The van der Waals surface area contributed by atoms with E-state index in [2.05, 4.69) is 34.6 Å². The van der Waals surface area contributed by atoms with Gasteiger partial charge in [0.15, 0.2) is 12.2 Å². The third-order valence-corrected chi connectivity index (χ3v) is 18.2. The molecular formula is C70H136O17P2. The Morgan fingerprint density at radius 3 is 0.764 bits per heavy atom. The maximum atomic E-state index is 13.0. The Morgan fingerprint density at radius 2 is 0.517 bits per heavy atom. The quantitative estimate of drug-likeness (QED) is 0.0222. The minimum atomic E-state index is -4.95. The number of aliphatic hydroxyl groups excluding tert-OH is 1. The van der Waals surface area contributed by atoms with Crippen molar-refractivity contribution in [3.8, 4) is 0 Å². The zero-order chi connectivity index (χ0) is 65.6. The molecule has 89 heavy (non-hydrogen) atoms. The highest BCUT2D eigenvalue weighted by molar-refractivity contribution is 7.47. The van der Waals surface area contributed by atoms with Crippen LogP contribution in [-0.2, 0) is 65.4 Å². The molecule has 0 aliphatic carbocycles. The number of hydrogen-bond donors (Lipinski definition) is 3. The summed E-state index contributed by atoms with van der Waals surface area (Å²) in [4.78, 5) is 72.4. The van der Waals surface area contributed by atoms with Crippen molar-refractivity contribution in [2.24, 2.45) is 5.92 Å². The minimum absolute atomic E-state index is 0.105. The molecule has 0 fully saturated rings. The van der Waals surface area contributed by atoms with Crippen molar-refractivity contribution in [3.63, 3.8) is 0 Å². The van der Waals surface area contributed by atoms with Crippen LogP contribution >= 0.6 is 15.6 Å². The van der Waals surface area contributed by atoms with Crippen LogP contribution in [0.1, 0.15) is 362 Å². The summed E-state index contributed by atoms with van der Waals surface area (Å²) < 4.78 is 68.2. The predicted octanol–water partition coefficient (Wildman–Crippen LogP) is 20.1. The fourth-order valence-electron chi connectivity index (χ4n) is 10.6. The van der Waals surface area contributed by atoms with Gasteiger partial charge in [-0.15, -0.1) is 0 Å². The molecule has 0 aromatic rings. The summed E-state index contributed by atoms with van der Waals surface area (Å²) >= 11 is 0. The molecule has 5 atom stereocenters. The summed E-state index contributed by atoms with van der Waals surface area (Å²) in [6.07, 6.45) is 50.0. The van der Waals surface area contributed by atoms with Crippen LogP contribution in [0.15, 0.2) is 0 Å². The van der Waals surface area contributed by atoms with Gasteiger partial charge in [-0.25, -0.2) is 9.13 Å². The van der Waals surface area contributed by atoms with E-state index < -0.39 is 97.5 Å². The Bertz CT molecular complexity index is 1720. The molecule has 0 aromatic heterocycles. The topological polar surface area (TPSA) is 237 Å². The molecule has 528 valence electrons. The second-order valence-corrected chi connectivity index (χ2v) is 28.7. The molecule has 0 aromatic carbocycles. The van der Waals surface area contributed by atoms with E-state index >= 15 is 0 Å². The zero-order valence-electron chi connectivity index (χ0n) is 57.6. The van der Waals surface area contributed by atoms with Gasteiger partial charge in [0.05, 0.1) is 26.4 Å². The van der Waals surface area contributed by atoms with Gasteiger partial charge in [-0.2, -0.15) is 0 Å².